The van der Waals surface area contributed by atoms with Crippen molar-refractivity contribution in [2.24, 2.45) is 0 Å². The first-order chi connectivity index (χ1) is 9.63. The molecule has 2 aromatic heterocycles. The maximum Gasteiger partial charge on any atom is 0.225 e. The molecule has 20 heavy (non-hydrogen) atoms. The summed E-state index contributed by atoms with van der Waals surface area (Å²) >= 11 is 10.8. The number of nitrogens with one attached hydrogen (secondary N) is 1. The Morgan fingerprint density at radius 1 is 1.30 bits per heavy atom. The second-order valence-corrected chi connectivity index (χ2v) is 6.16. The number of fused-ring (bicyclic) bond motifs is 1. The van der Waals surface area contributed by atoms with E-state index in [0.29, 0.717) is 12.4 Å². The van der Waals surface area contributed by atoms with E-state index in [4.69, 9.17) is 11.6 Å². The van der Waals surface area contributed by atoms with E-state index in [-0.39, 0.29) is 11.1 Å². The van der Waals surface area contributed by atoms with Crippen LogP contribution in [0.5, 0.6) is 0 Å². The van der Waals surface area contributed by atoms with Crippen LogP contribution in [-0.2, 0) is 6.54 Å². The molecule has 0 aliphatic heterocycles. The molecule has 0 radical (unpaired) electrons. The van der Waals surface area contributed by atoms with Crippen LogP contribution in [-0.4, -0.2) is 9.97 Å². The van der Waals surface area contributed by atoms with E-state index in [2.05, 4.69) is 31.2 Å². The normalized spacial score (nSPS) is 10.9. The van der Waals surface area contributed by atoms with Gasteiger partial charge >= 0.3 is 0 Å². The van der Waals surface area contributed by atoms with Crippen LogP contribution in [0.15, 0.2) is 34.1 Å². The third-order valence-corrected chi connectivity index (χ3v) is 4.50. The summed E-state index contributed by atoms with van der Waals surface area (Å²) in [4.78, 5) is 9.15. The van der Waals surface area contributed by atoms with Gasteiger partial charge in [0.15, 0.2) is 0 Å². The average molecular weight is 373 g/mol. The number of anilines is 1. The van der Waals surface area contributed by atoms with Gasteiger partial charge < -0.3 is 5.32 Å². The number of hydrogen-bond acceptors (Lipinski definition) is 4. The molecule has 0 aliphatic rings. The Bertz CT molecular complexity index is 777. The van der Waals surface area contributed by atoms with Crippen molar-refractivity contribution in [3.63, 3.8) is 0 Å². The summed E-state index contributed by atoms with van der Waals surface area (Å²) in [6.07, 6.45) is 0. The molecule has 0 unspecified atom stereocenters. The van der Waals surface area contributed by atoms with E-state index >= 15 is 0 Å². The van der Waals surface area contributed by atoms with Crippen molar-refractivity contribution < 1.29 is 4.39 Å². The monoisotopic (exact) mass is 371 g/mol. The van der Waals surface area contributed by atoms with Crippen LogP contribution in [0, 0.1) is 5.82 Å². The molecule has 0 amide bonds. The van der Waals surface area contributed by atoms with E-state index in [9.17, 15) is 4.39 Å². The summed E-state index contributed by atoms with van der Waals surface area (Å²) in [7, 11) is 0. The fourth-order valence-electron chi connectivity index (χ4n) is 1.82. The molecule has 1 N–H and O–H groups in total. The molecule has 3 aromatic rings. The number of halogens is 3. The highest BCUT2D eigenvalue weighted by Crippen LogP contribution is 2.27. The lowest BCUT2D eigenvalue weighted by atomic mass is 10.2. The molecule has 0 aliphatic carbocycles. The van der Waals surface area contributed by atoms with Crippen molar-refractivity contribution in [1.29, 1.82) is 0 Å². The smallest absolute Gasteiger partial charge is 0.225 e. The fourth-order valence-corrected chi connectivity index (χ4v) is 3.19. The van der Waals surface area contributed by atoms with E-state index in [1.165, 1.54) is 23.5 Å². The zero-order valence-corrected chi connectivity index (χ0v) is 13.2. The molecule has 0 spiro atoms. The largest absolute Gasteiger partial charge is 0.365 e. The van der Waals surface area contributed by atoms with Gasteiger partial charge in [0, 0.05) is 11.0 Å². The maximum absolute atomic E-state index is 13.2. The standard InChI is InChI=1S/C13H8BrClFN3S/c14-10-2-1-8(16)5-7(10)6-17-11-9-3-4-20-12(9)19-13(15)18-11/h1-5H,6H2,(H,17,18,19). The summed E-state index contributed by atoms with van der Waals surface area (Å²) in [5.74, 6) is 0.379. The van der Waals surface area contributed by atoms with Gasteiger partial charge in [0.1, 0.15) is 16.5 Å². The number of aromatic nitrogens is 2. The molecule has 7 heteroatoms. The molecule has 0 bridgehead atoms. The first-order valence-corrected chi connectivity index (χ1v) is 7.77. The van der Waals surface area contributed by atoms with Crippen LogP contribution in [0.4, 0.5) is 10.2 Å². The topological polar surface area (TPSA) is 37.8 Å². The fraction of sp³-hybridized carbons (Fsp3) is 0.0769. The Morgan fingerprint density at radius 3 is 3.00 bits per heavy atom. The van der Waals surface area contributed by atoms with Crippen molar-refractivity contribution in [3.05, 3.63) is 50.8 Å². The lowest BCUT2D eigenvalue weighted by Crippen LogP contribution is -2.03. The van der Waals surface area contributed by atoms with Gasteiger partial charge in [-0.3, -0.25) is 0 Å². The van der Waals surface area contributed by atoms with Gasteiger partial charge in [-0.2, -0.15) is 0 Å². The number of nitrogens with zero attached hydrogens (tertiary/aromatic N) is 2. The minimum absolute atomic E-state index is 0.195. The van der Waals surface area contributed by atoms with Crippen LogP contribution in [0.3, 0.4) is 0 Å². The van der Waals surface area contributed by atoms with Gasteiger partial charge in [-0.15, -0.1) is 11.3 Å². The SMILES string of the molecule is Fc1ccc(Br)c(CNc2nc(Cl)nc3sccc23)c1. The van der Waals surface area contributed by atoms with E-state index in [1.807, 2.05) is 11.4 Å². The first-order valence-electron chi connectivity index (χ1n) is 5.72. The molecule has 102 valence electrons. The Labute approximate surface area is 132 Å². The number of thiophene rings is 1. The van der Waals surface area contributed by atoms with Crippen LogP contribution in [0.25, 0.3) is 10.2 Å². The van der Waals surface area contributed by atoms with Crippen molar-refractivity contribution >= 4 is 54.9 Å². The van der Waals surface area contributed by atoms with E-state index in [0.717, 1.165) is 20.3 Å². The Hall–Kier alpha value is -1.24. The summed E-state index contributed by atoms with van der Waals surface area (Å²) in [5.41, 5.74) is 0.808. The lowest BCUT2D eigenvalue weighted by Gasteiger charge is -2.09. The van der Waals surface area contributed by atoms with Crippen LogP contribution in [0.1, 0.15) is 5.56 Å². The van der Waals surface area contributed by atoms with Gasteiger partial charge in [-0.1, -0.05) is 15.9 Å². The van der Waals surface area contributed by atoms with Crippen molar-refractivity contribution in [1.82, 2.24) is 9.97 Å². The molecule has 0 fully saturated rings. The van der Waals surface area contributed by atoms with E-state index < -0.39 is 0 Å². The number of benzene rings is 1. The second-order valence-electron chi connectivity index (χ2n) is 4.07. The van der Waals surface area contributed by atoms with Crippen LogP contribution < -0.4 is 5.32 Å². The molecule has 3 rings (SSSR count). The van der Waals surface area contributed by atoms with Gasteiger partial charge in [-0.05, 0) is 46.8 Å². The zero-order chi connectivity index (χ0) is 14.1. The molecule has 0 saturated heterocycles. The molecular formula is C13H8BrClFN3S. The van der Waals surface area contributed by atoms with Gasteiger partial charge in [-0.25, -0.2) is 14.4 Å². The molecule has 3 nitrogen and oxygen atoms in total. The summed E-state index contributed by atoms with van der Waals surface area (Å²) in [5, 5.41) is 6.21. The quantitative estimate of drug-likeness (QED) is 0.667. The lowest BCUT2D eigenvalue weighted by molar-refractivity contribution is 0.625. The summed E-state index contributed by atoms with van der Waals surface area (Å²) < 4.78 is 14.1. The van der Waals surface area contributed by atoms with Crippen molar-refractivity contribution in [2.75, 3.05) is 5.32 Å². The Morgan fingerprint density at radius 2 is 2.15 bits per heavy atom. The third kappa shape index (κ3) is 2.77. The highest BCUT2D eigenvalue weighted by atomic mass is 79.9. The third-order valence-electron chi connectivity index (χ3n) is 2.75. The Balaban J connectivity index is 1.90. The molecule has 0 atom stereocenters. The van der Waals surface area contributed by atoms with Gasteiger partial charge in [0.25, 0.3) is 0 Å². The number of hydrogen-bond donors (Lipinski definition) is 1. The molecule has 0 saturated carbocycles. The minimum atomic E-state index is -0.272. The predicted molar refractivity (Wildman–Crippen MR) is 83.9 cm³/mol. The second kappa shape index (κ2) is 5.63. The highest BCUT2D eigenvalue weighted by molar-refractivity contribution is 9.10. The highest BCUT2D eigenvalue weighted by Gasteiger charge is 2.08. The summed E-state index contributed by atoms with van der Waals surface area (Å²) in [6, 6.07) is 6.50. The van der Waals surface area contributed by atoms with Gasteiger partial charge in [0.05, 0.1) is 5.39 Å². The van der Waals surface area contributed by atoms with E-state index in [1.54, 1.807) is 6.07 Å². The van der Waals surface area contributed by atoms with Gasteiger partial charge in [0.2, 0.25) is 5.28 Å². The van der Waals surface area contributed by atoms with Crippen LogP contribution in [0.2, 0.25) is 5.28 Å². The summed E-state index contributed by atoms with van der Waals surface area (Å²) in [6.45, 7) is 0.441. The molecule has 1 aromatic carbocycles. The molecule has 2 heterocycles. The predicted octanol–water partition coefficient (Wildman–Crippen LogP) is 4.86. The molecular weight excluding hydrogens is 365 g/mol. The zero-order valence-electron chi connectivity index (χ0n) is 10.0. The maximum atomic E-state index is 13.2. The van der Waals surface area contributed by atoms with Crippen molar-refractivity contribution in [2.45, 2.75) is 6.54 Å². The number of rotatable bonds is 3. The van der Waals surface area contributed by atoms with Crippen LogP contribution >= 0.6 is 38.9 Å². The first kappa shape index (κ1) is 13.7. The minimum Gasteiger partial charge on any atom is -0.365 e. The average Bonchev–Trinajstić information content (AvgIpc) is 2.87. The van der Waals surface area contributed by atoms with Crippen molar-refractivity contribution in [3.8, 4) is 0 Å². The Kier molecular flexibility index (Phi) is 3.87.